The van der Waals surface area contributed by atoms with Gasteiger partial charge < -0.3 is 4.42 Å². The summed E-state index contributed by atoms with van der Waals surface area (Å²) in [4.78, 5) is 14.0. The third-order valence-electron chi connectivity index (χ3n) is 3.02. The molecule has 1 saturated heterocycles. The fourth-order valence-corrected chi connectivity index (χ4v) is 3.30. The number of furan rings is 1. The molecule has 0 unspecified atom stereocenters. The van der Waals surface area contributed by atoms with Gasteiger partial charge >= 0.3 is 0 Å². The highest BCUT2D eigenvalue weighted by Gasteiger charge is 2.28. The molecule has 0 aliphatic carbocycles. The number of halogens is 1. The number of nitrogens with zero attached hydrogens (tertiary/aromatic N) is 1. The molecule has 0 radical (unpaired) electrons. The summed E-state index contributed by atoms with van der Waals surface area (Å²) < 4.78 is 7.35. The monoisotopic (exact) mass is 379 g/mol. The average molecular weight is 380 g/mol. The number of carbonyl (C=O) groups is 1. The molecule has 1 aromatic heterocycles. The standard InChI is InChI=1S/C15H10BrNO2S2/c1-17-14(18)13(21-15(17)20)8-11-6-7-12(19-11)9-2-4-10(16)5-3-9/h2-8H,1H3/b13-8-. The van der Waals surface area contributed by atoms with Crippen LogP contribution in [-0.4, -0.2) is 22.2 Å². The Morgan fingerprint density at radius 2 is 1.95 bits per heavy atom. The van der Waals surface area contributed by atoms with Crippen molar-refractivity contribution in [3.05, 3.63) is 51.5 Å². The van der Waals surface area contributed by atoms with Crippen LogP contribution in [0.2, 0.25) is 0 Å². The summed E-state index contributed by atoms with van der Waals surface area (Å²) in [5, 5.41) is 0. The SMILES string of the molecule is CN1C(=O)/C(=C/c2ccc(-c3ccc(Br)cc3)o2)SC1=S. The fraction of sp³-hybridized carbons (Fsp3) is 0.0667. The quantitative estimate of drug-likeness (QED) is 0.566. The third-order valence-corrected chi connectivity index (χ3v) is 5.03. The predicted octanol–water partition coefficient (Wildman–Crippen LogP) is 4.54. The van der Waals surface area contributed by atoms with Crippen LogP contribution < -0.4 is 0 Å². The summed E-state index contributed by atoms with van der Waals surface area (Å²) in [6.45, 7) is 0. The number of hydrogen-bond acceptors (Lipinski definition) is 4. The Balaban J connectivity index is 1.87. The molecule has 1 aliphatic heterocycles. The summed E-state index contributed by atoms with van der Waals surface area (Å²) in [6, 6.07) is 11.6. The first-order valence-corrected chi connectivity index (χ1v) is 8.14. The lowest BCUT2D eigenvalue weighted by atomic mass is 10.2. The second-order valence-corrected chi connectivity index (χ2v) is 7.04. The molecule has 0 saturated carbocycles. The van der Waals surface area contributed by atoms with Gasteiger partial charge in [0.2, 0.25) is 0 Å². The number of likely N-dealkylation sites (N-methyl/N-ethyl adjacent to an activating group) is 1. The second kappa shape index (κ2) is 5.79. The van der Waals surface area contributed by atoms with Crippen LogP contribution in [-0.2, 0) is 4.79 Å². The fourth-order valence-electron chi connectivity index (χ4n) is 1.87. The zero-order valence-corrected chi connectivity index (χ0v) is 14.2. The van der Waals surface area contributed by atoms with Crippen molar-refractivity contribution in [2.75, 3.05) is 7.05 Å². The van der Waals surface area contributed by atoms with Gasteiger partial charge in [0.05, 0.1) is 4.91 Å². The van der Waals surface area contributed by atoms with E-state index >= 15 is 0 Å². The van der Waals surface area contributed by atoms with Crippen LogP contribution in [0.1, 0.15) is 5.76 Å². The molecule has 106 valence electrons. The lowest BCUT2D eigenvalue weighted by Gasteiger charge is -2.03. The normalized spacial score (nSPS) is 17.0. The Morgan fingerprint density at radius 3 is 2.57 bits per heavy atom. The first kappa shape index (κ1) is 14.6. The maximum absolute atomic E-state index is 11.9. The van der Waals surface area contributed by atoms with Crippen LogP contribution >= 0.6 is 39.9 Å². The Kier molecular flexibility index (Phi) is 4.01. The van der Waals surface area contributed by atoms with E-state index in [1.807, 2.05) is 36.4 Å². The van der Waals surface area contributed by atoms with E-state index in [4.69, 9.17) is 16.6 Å². The van der Waals surface area contributed by atoms with Crippen molar-refractivity contribution in [1.29, 1.82) is 0 Å². The van der Waals surface area contributed by atoms with Gasteiger partial charge in [0, 0.05) is 23.2 Å². The van der Waals surface area contributed by atoms with E-state index in [1.165, 1.54) is 16.7 Å². The lowest BCUT2D eigenvalue weighted by Crippen LogP contribution is -2.22. The van der Waals surface area contributed by atoms with Gasteiger partial charge in [-0.2, -0.15) is 0 Å². The molecular weight excluding hydrogens is 370 g/mol. The van der Waals surface area contributed by atoms with Gasteiger partial charge in [-0.3, -0.25) is 9.69 Å². The average Bonchev–Trinajstić information content (AvgIpc) is 3.02. The predicted molar refractivity (Wildman–Crippen MR) is 92.8 cm³/mol. The lowest BCUT2D eigenvalue weighted by molar-refractivity contribution is -0.121. The number of carbonyl (C=O) groups excluding carboxylic acids is 1. The number of amides is 1. The van der Waals surface area contributed by atoms with E-state index in [2.05, 4.69) is 15.9 Å². The van der Waals surface area contributed by atoms with Crippen LogP contribution in [0, 0.1) is 0 Å². The summed E-state index contributed by atoms with van der Waals surface area (Å²) in [5.41, 5.74) is 0.987. The van der Waals surface area contributed by atoms with E-state index in [9.17, 15) is 4.79 Å². The van der Waals surface area contributed by atoms with Crippen molar-refractivity contribution >= 4 is 56.2 Å². The molecule has 21 heavy (non-hydrogen) atoms. The minimum atomic E-state index is -0.0911. The van der Waals surface area contributed by atoms with Crippen LogP contribution in [0.15, 0.2) is 50.2 Å². The van der Waals surface area contributed by atoms with Crippen molar-refractivity contribution in [2.45, 2.75) is 0 Å². The Morgan fingerprint density at radius 1 is 1.24 bits per heavy atom. The van der Waals surface area contributed by atoms with Gasteiger partial charge in [0.25, 0.3) is 5.91 Å². The molecule has 2 aromatic rings. The summed E-state index contributed by atoms with van der Waals surface area (Å²) in [6.07, 6.45) is 1.73. The van der Waals surface area contributed by atoms with E-state index in [0.717, 1.165) is 15.8 Å². The number of thiocarbonyl (C=S) groups is 1. The molecule has 1 amide bonds. The molecule has 6 heteroatoms. The second-order valence-electron chi connectivity index (χ2n) is 4.45. The van der Waals surface area contributed by atoms with Gasteiger partial charge in [0.1, 0.15) is 15.8 Å². The topological polar surface area (TPSA) is 33.5 Å². The first-order valence-electron chi connectivity index (χ1n) is 6.12. The molecule has 0 spiro atoms. The summed E-state index contributed by atoms with van der Waals surface area (Å²) in [5.74, 6) is 1.31. The van der Waals surface area contributed by atoms with Crippen LogP contribution in [0.3, 0.4) is 0 Å². The minimum Gasteiger partial charge on any atom is -0.457 e. The maximum atomic E-state index is 11.9. The number of thioether (sulfide) groups is 1. The molecule has 0 N–H and O–H groups in total. The highest BCUT2D eigenvalue weighted by Crippen LogP contribution is 2.32. The summed E-state index contributed by atoms with van der Waals surface area (Å²) in [7, 11) is 1.67. The number of hydrogen-bond donors (Lipinski definition) is 0. The molecule has 0 atom stereocenters. The largest absolute Gasteiger partial charge is 0.457 e. The molecule has 3 nitrogen and oxygen atoms in total. The van der Waals surface area contributed by atoms with Crippen molar-refractivity contribution < 1.29 is 9.21 Å². The Hall–Kier alpha value is -1.37. The van der Waals surface area contributed by atoms with Gasteiger partial charge in [-0.15, -0.1) is 0 Å². The zero-order chi connectivity index (χ0) is 15.0. The molecule has 1 aliphatic rings. The number of benzene rings is 1. The molecular formula is C15H10BrNO2S2. The highest BCUT2D eigenvalue weighted by molar-refractivity contribution is 9.10. The molecule has 0 bridgehead atoms. The Bertz CT molecular complexity index is 749. The van der Waals surface area contributed by atoms with E-state index in [-0.39, 0.29) is 5.91 Å². The van der Waals surface area contributed by atoms with Crippen LogP contribution in [0.4, 0.5) is 0 Å². The van der Waals surface area contributed by atoms with E-state index in [1.54, 1.807) is 13.1 Å². The van der Waals surface area contributed by atoms with E-state index < -0.39 is 0 Å². The summed E-state index contributed by atoms with van der Waals surface area (Å²) >= 11 is 9.79. The van der Waals surface area contributed by atoms with Crippen LogP contribution in [0.25, 0.3) is 17.4 Å². The minimum absolute atomic E-state index is 0.0911. The van der Waals surface area contributed by atoms with Gasteiger partial charge in [-0.05, 0) is 24.3 Å². The van der Waals surface area contributed by atoms with Crippen molar-refractivity contribution in [2.24, 2.45) is 0 Å². The molecule has 1 aromatic carbocycles. The molecule has 3 rings (SSSR count). The Labute approximate surface area is 140 Å². The maximum Gasteiger partial charge on any atom is 0.266 e. The highest BCUT2D eigenvalue weighted by atomic mass is 79.9. The molecule has 1 fully saturated rings. The van der Waals surface area contributed by atoms with Gasteiger partial charge in [-0.1, -0.05) is 52.0 Å². The smallest absolute Gasteiger partial charge is 0.266 e. The molecule has 2 heterocycles. The van der Waals surface area contributed by atoms with Crippen molar-refractivity contribution in [3.8, 4) is 11.3 Å². The van der Waals surface area contributed by atoms with Gasteiger partial charge in [-0.25, -0.2) is 0 Å². The van der Waals surface area contributed by atoms with E-state index in [0.29, 0.717) is 15.0 Å². The van der Waals surface area contributed by atoms with Crippen molar-refractivity contribution in [1.82, 2.24) is 4.90 Å². The van der Waals surface area contributed by atoms with Crippen LogP contribution in [0.5, 0.6) is 0 Å². The zero-order valence-electron chi connectivity index (χ0n) is 11.0. The third kappa shape index (κ3) is 2.97. The van der Waals surface area contributed by atoms with Gasteiger partial charge in [0.15, 0.2) is 0 Å². The number of rotatable bonds is 2. The first-order chi connectivity index (χ1) is 10.0. The van der Waals surface area contributed by atoms with Crippen molar-refractivity contribution in [3.63, 3.8) is 0 Å².